The number of hydrogen-bond acceptors (Lipinski definition) is 3. The Morgan fingerprint density at radius 2 is 1.86 bits per heavy atom. The molecular formula is C16H17FN2O2S. The Hall–Kier alpha value is -1.76. The largest absolute Gasteiger partial charge is 0.308 e. The molecule has 1 aliphatic heterocycles. The minimum atomic E-state index is -3.64. The molecule has 0 radical (unpaired) electrons. The lowest BCUT2D eigenvalue weighted by Crippen LogP contribution is -2.38. The molecule has 3 rings (SSSR count). The van der Waals surface area contributed by atoms with Gasteiger partial charge < -0.3 is 5.32 Å². The average Bonchev–Trinajstić information content (AvgIpc) is 2.53. The lowest BCUT2D eigenvalue weighted by atomic mass is 9.95. The van der Waals surface area contributed by atoms with Crippen molar-refractivity contribution in [2.24, 2.45) is 0 Å². The summed E-state index contributed by atoms with van der Waals surface area (Å²) < 4.78 is 40.0. The third kappa shape index (κ3) is 3.19. The molecular weight excluding hydrogens is 303 g/mol. The highest BCUT2D eigenvalue weighted by Gasteiger charge is 2.22. The highest BCUT2D eigenvalue weighted by molar-refractivity contribution is 7.89. The number of rotatable bonds is 4. The zero-order valence-corrected chi connectivity index (χ0v) is 12.7. The molecule has 1 atom stereocenters. The van der Waals surface area contributed by atoms with Crippen molar-refractivity contribution in [3.63, 3.8) is 0 Å². The minimum absolute atomic E-state index is 0.0554. The molecule has 2 N–H and O–H groups in total. The van der Waals surface area contributed by atoms with Gasteiger partial charge in [-0.15, -0.1) is 0 Å². The highest BCUT2D eigenvalue weighted by Crippen LogP contribution is 2.22. The van der Waals surface area contributed by atoms with E-state index in [0.717, 1.165) is 30.7 Å². The minimum Gasteiger partial charge on any atom is -0.308 e. The molecule has 1 aliphatic rings. The van der Waals surface area contributed by atoms with E-state index < -0.39 is 15.8 Å². The SMILES string of the molecule is O=S(=O)(NCC1NCCc2ccccc21)c1ccc(F)cc1. The van der Waals surface area contributed by atoms with E-state index in [1.807, 2.05) is 18.2 Å². The summed E-state index contributed by atoms with van der Waals surface area (Å²) in [6.45, 7) is 1.08. The molecule has 0 amide bonds. The number of nitrogens with one attached hydrogen (secondary N) is 2. The average molecular weight is 320 g/mol. The van der Waals surface area contributed by atoms with E-state index in [1.165, 1.54) is 17.7 Å². The van der Waals surface area contributed by atoms with Crippen LogP contribution < -0.4 is 10.0 Å². The van der Waals surface area contributed by atoms with Crippen LogP contribution in [0.15, 0.2) is 53.4 Å². The Labute approximate surface area is 129 Å². The van der Waals surface area contributed by atoms with Gasteiger partial charge in [0.15, 0.2) is 0 Å². The third-order valence-electron chi connectivity index (χ3n) is 3.82. The summed E-state index contributed by atoms with van der Waals surface area (Å²) in [4.78, 5) is 0.0676. The zero-order chi connectivity index (χ0) is 15.6. The number of fused-ring (bicyclic) bond motifs is 1. The monoisotopic (exact) mass is 320 g/mol. The van der Waals surface area contributed by atoms with Gasteiger partial charge in [-0.1, -0.05) is 24.3 Å². The highest BCUT2D eigenvalue weighted by atomic mass is 32.2. The standard InChI is InChI=1S/C16H17FN2O2S/c17-13-5-7-14(8-6-13)22(20,21)19-11-16-15-4-2-1-3-12(15)9-10-18-16/h1-8,16,18-19H,9-11H2. The van der Waals surface area contributed by atoms with Gasteiger partial charge in [0.25, 0.3) is 0 Å². The van der Waals surface area contributed by atoms with Crippen molar-refractivity contribution >= 4 is 10.0 Å². The van der Waals surface area contributed by atoms with E-state index >= 15 is 0 Å². The Balaban J connectivity index is 1.74. The first-order valence-corrected chi connectivity index (χ1v) is 8.61. The topological polar surface area (TPSA) is 58.2 Å². The predicted octanol–water partition coefficient (Wildman–Crippen LogP) is 1.99. The quantitative estimate of drug-likeness (QED) is 0.906. The van der Waals surface area contributed by atoms with Crippen LogP contribution in [0, 0.1) is 5.82 Å². The first-order chi connectivity index (χ1) is 10.6. The second kappa shape index (κ2) is 6.16. The van der Waals surface area contributed by atoms with Crippen LogP contribution >= 0.6 is 0 Å². The maximum Gasteiger partial charge on any atom is 0.240 e. The van der Waals surface area contributed by atoms with Gasteiger partial charge in [-0.2, -0.15) is 0 Å². The molecule has 0 fully saturated rings. The van der Waals surface area contributed by atoms with E-state index in [0.29, 0.717) is 0 Å². The smallest absolute Gasteiger partial charge is 0.240 e. The Morgan fingerprint density at radius 3 is 2.64 bits per heavy atom. The van der Waals surface area contributed by atoms with Crippen molar-refractivity contribution in [2.75, 3.05) is 13.1 Å². The normalized spacial score (nSPS) is 18.0. The summed E-state index contributed by atoms with van der Waals surface area (Å²) in [5.41, 5.74) is 2.36. The second-order valence-corrected chi connectivity index (χ2v) is 7.03. The summed E-state index contributed by atoms with van der Waals surface area (Å²) >= 11 is 0. The van der Waals surface area contributed by atoms with Gasteiger partial charge in [0.05, 0.1) is 4.90 Å². The van der Waals surface area contributed by atoms with Gasteiger partial charge in [0.1, 0.15) is 5.82 Å². The summed E-state index contributed by atoms with van der Waals surface area (Å²) in [7, 11) is -3.64. The van der Waals surface area contributed by atoms with Gasteiger partial charge in [0.2, 0.25) is 10.0 Å². The number of benzene rings is 2. The lowest BCUT2D eigenvalue weighted by molar-refractivity contribution is 0.491. The molecule has 0 saturated carbocycles. The zero-order valence-electron chi connectivity index (χ0n) is 11.9. The van der Waals surface area contributed by atoms with Crippen LogP contribution in [-0.4, -0.2) is 21.5 Å². The van der Waals surface area contributed by atoms with Gasteiger partial charge in [-0.25, -0.2) is 17.5 Å². The van der Waals surface area contributed by atoms with Crippen LogP contribution in [-0.2, 0) is 16.4 Å². The fraction of sp³-hybridized carbons (Fsp3) is 0.250. The van der Waals surface area contributed by atoms with E-state index in [1.54, 1.807) is 0 Å². The lowest BCUT2D eigenvalue weighted by Gasteiger charge is -2.27. The molecule has 1 unspecified atom stereocenters. The van der Waals surface area contributed by atoms with Crippen molar-refractivity contribution in [3.05, 3.63) is 65.5 Å². The van der Waals surface area contributed by atoms with Crippen molar-refractivity contribution in [1.29, 1.82) is 0 Å². The van der Waals surface area contributed by atoms with Crippen LogP contribution in [0.5, 0.6) is 0 Å². The molecule has 2 aromatic rings. The van der Waals surface area contributed by atoms with Crippen molar-refractivity contribution in [3.8, 4) is 0 Å². The first-order valence-electron chi connectivity index (χ1n) is 7.13. The second-order valence-electron chi connectivity index (χ2n) is 5.26. The molecule has 22 heavy (non-hydrogen) atoms. The molecule has 0 spiro atoms. The summed E-state index contributed by atoms with van der Waals surface area (Å²) in [5, 5.41) is 3.32. The van der Waals surface area contributed by atoms with Crippen LogP contribution in [0.3, 0.4) is 0 Å². The van der Waals surface area contributed by atoms with Crippen LogP contribution in [0.4, 0.5) is 4.39 Å². The number of halogens is 1. The van der Waals surface area contributed by atoms with Crippen LogP contribution in [0.2, 0.25) is 0 Å². The van der Waals surface area contributed by atoms with E-state index in [2.05, 4.69) is 16.1 Å². The molecule has 0 bridgehead atoms. The molecule has 4 nitrogen and oxygen atoms in total. The van der Waals surface area contributed by atoms with Crippen molar-refractivity contribution in [1.82, 2.24) is 10.0 Å². The molecule has 2 aromatic carbocycles. The Kier molecular flexibility index (Phi) is 4.24. The maximum atomic E-state index is 12.9. The van der Waals surface area contributed by atoms with Gasteiger partial charge in [-0.05, 0) is 48.4 Å². The summed E-state index contributed by atoms with van der Waals surface area (Å²) in [5.74, 6) is -0.457. The fourth-order valence-electron chi connectivity index (χ4n) is 2.67. The summed E-state index contributed by atoms with van der Waals surface area (Å²) in [6, 6.07) is 12.8. The predicted molar refractivity (Wildman–Crippen MR) is 82.5 cm³/mol. The summed E-state index contributed by atoms with van der Waals surface area (Å²) in [6.07, 6.45) is 0.942. The molecule has 6 heteroatoms. The molecule has 0 aliphatic carbocycles. The van der Waals surface area contributed by atoms with Gasteiger partial charge in [-0.3, -0.25) is 0 Å². The molecule has 1 heterocycles. The third-order valence-corrected chi connectivity index (χ3v) is 5.26. The first kappa shape index (κ1) is 15.1. The number of hydrogen-bond donors (Lipinski definition) is 2. The van der Waals surface area contributed by atoms with E-state index in [-0.39, 0.29) is 17.5 Å². The van der Waals surface area contributed by atoms with Gasteiger partial charge >= 0.3 is 0 Å². The van der Waals surface area contributed by atoms with E-state index in [4.69, 9.17) is 0 Å². The Bertz CT molecular complexity index is 760. The van der Waals surface area contributed by atoms with Gasteiger partial charge in [0, 0.05) is 12.6 Å². The van der Waals surface area contributed by atoms with Crippen molar-refractivity contribution < 1.29 is 12.8 Å². The fourth-order valence-corrected chi connectivity index (χ4v) is 3.71. The Morgan fingerprint density at radius 1 is 1.14 bits per heavy atom. The molecule has 116 valence electrons. The van der Waals surface area contributed by atoms with E-state index in [9.17, 15) is 12.8 Å². The molecule has 0 aromatic heterocycles. The number of sulfonamides is 1. The maximum absolute atomic E-state index is 12.9. The van der Waals surface area contributed by atoms with Crippen LogP contribution in [0.1, 0.15) is 17.2 Å². The van der Waals surface area contributed by atoms with Crippen LogP contribution in [0.25, 0.3) is 0 Å². The van der Waals surface area contributed by atoms with Crippen molar-refractivity contribution in [2.45, 2.75) is 17.4 Å². The molecule has 0 saturated heterocycles.